The molecule has 3 aromatic rings. The minimum absolute atomic E-state index is 0.0131. The van der Waals surface area contributed by atoms with Gasteiger partial charge in [0.05, 0.1) is 12.7 Å². The number of benzene rings is 2. The van der Waals surface area contributed by atoms with Gasteiger partial charge < -0.3 is 19.8 Å². The van der Waals surface area contributed by atoms with E-state index in [0.717, 1.165) is 22.6 Å². The molecule has 1 atom stereocenters. The molecule has 0 bridgehead atoms. The summed E-state index contributed by atoms with van der Waals surface area (Å²) < 4.78 is 10.6. The van der Waals surface area contributed by atoms with Gasteiger partial charge in [-0.05, 0) is 30.2 Å². The van der Waals surface area contributed by atoms with Crippen LogP contribution >= 0.6 is 0 Å². The molecule has 0 aliphatic rings. The van der Waals surface area contributed by atoms with Crippen LogP contribution in [0.2, 0.25) is 0 Å². The molecule has 0 aliphatic carbocycles. The van der Waals surface area contributed by atoms with Crippen molar-refractivity contribution in [2.24, 2.45) is 0 Å². The van der Waals surface area contributed by atoms with Crippen LogP contribution in [0, 0.1) is 0 Å². The fraction of sp³-hybridized carbons (Fsp3) is 0.318. The Balaban J connectivity index is 1.58. The van der Waals surface area contributed by atoms with Gasteiger partial charge in [0.1, 0.15) is 11.6 Å². The summed E-state index contributed by atoms with van der Waals surface area (Å²) >= 11 is 0. The zero-order chi connectivity index (χ0) is 20.8. The lowest BCUT2D eigenvalue weighted by atomic mass is 10.0. The highest BCUT2D eigenvalue weighted by atomic mass is 16.5. The van der Waals surface area contributed by atoms with E-state index in [1.165, 1.54) is 0 Å². The molecule has 0 unspecified atom stereocenters. The van der Waals surface area contributed by atoms with Crippen molar-refractivity contribution in [3.8, 4) is 0 Å². The molecular weight excluding hydrogens is 372 g/mol. The van der Waals surface area contributed by atoms with Gasteiger partial charge in [-0.2, -0.15) is 0 Å². The summed E-state index contributed by atoms with van der Waals surface area (Å²) in [5, 5.41) is 8.11. The SMILES string of the molecule is CCCNC(=O)[C@@H](C)NC(=O)COC(=O)Cc1coc2ccc3ccccc3c12. The molecule has 2 aromatic carbocycles. The number of fused-ring (bicyclic) bond motifs is 3. The van der Waals surface area contributed by atoms with Crippen LogP contribution in [0.5, 0.6) is 0 Å². The molecule has 1 heterocycles. The average molecular weight is 396 g/mol. The molecule has 0 spiro atoms. The Labute approximate surface area is 168 Å². The Morgan fingerprint density at radius 3 is 2.72 bits per heavy atom. The molecule has 1 aromatic heterocycles. The third-order valence-electron chi connectivity index (χ3n) is 4.56. The molecular formula is C22H24N2O5. The number of nitrogens with one attached hydrogen (secondary N) is 2. The minimum Gasteiger partial charge on any atom is -0.464 e. The predicted octanol–water partition coefficient (Wildman–Crippen LogP) is 2.70. The molecule has 0 saturated carbocycles. The molecule has 7 nitrogen and oxygen atoms in total. The second-order valence-corrected chi connectivity index (χ2v) is 6.84. The van der Waals surface area contributed by atoms with E-state index in [1.807, 2.05) is 43.3 Å². The zero-order valence-electron chi connectivity index (χ0n) is 16.5. The van der Waals surface area contributed by atoms with Gasteiger partial charge in [0.25, 0.3) is 5.91 Å². The monoisotopic (exact) mass is 396 g/mol. The third kappa shape index (κ3) is 4.93. The van der Waals surface area contributed by atoms with E-state index >= 15 is 0 Å². The Morgan fingerprint density at radius 2 is 1.93 bits per heavy atom. The molecule has 7 heteroatoms. The van der Waals surface area contributed by atoms with Gasteiger partial charge in [0.2, 0.25) is 5.91 Å². The van der Waals surface area contributed by atoms with Gasteiger partial charge in [0, 0.05) is 17.5 Å². The topological polar surface area (TPSA) is 97.6 Å². The van der Waals surface area contributed by atoms with Gasteiger partial charge in [0.15, 0.2) is 6.61 Å². The number of carbonyl (C=O) groups is 3. The number of hydrogen-bond donors (Lipinski definition) is 2. The van der Waals surface area contributed by atoms with Crippen LogP contribution in [0.4, 0.5) is 0 Å². The molecule has 0 aliphatic heterocycles. The first-order valence-electron chi connectivity index (χ1n) is 9.60. The van der Waals surface area contributed by atoms with E-state index in [-0.39, 0.29) is 12.3 Å². The number of amides is 2. The average Bonchev–Trinajstić information content (AvgIpc) is 3.13. The molecule has 0 radical (unpaired) electrons. The fourth-order valence-electron chi connectivity index (χ4n) is 3.11. The zero-order valence-corrected chi connectivity index (χ0v) is 16.5. The lowest BCUT2D eigenvalue weighted by molar-refractivity contribution is -0.148. The summed E-state index contributed by atoms with van der Waals surface area (Å²) in [5.74, 6) is -1.35. The molecule has 152 valence electrons. The Morgan fingerprint density at radius 1 is 1.14 bits per heavy atom. The molecule has 29 heavy (non-hydrogen) atoms. The van der Waals surface area contributed by atoms with Gasteiger partial charge in [-0.25, -0.2) is 0 Å². The van der Waals surface area contributed by atoms with E-state index in [9.17, 15) is 14.4 Å². The van der Waals surface area contributed by atoms with Crippen LogP contribution in [0.1, 0.15) is 25.8 Å². The maximum Gasteiger partial charge on any atom is 0.310 e. The predicted molar refractivity (Wildman–Crippen MR) is 109 cm³/mol. The molecule has 0 saturated heterocycles. The summed E-state index contributed by atoms with van der Waals surface area (Å²) in [6.45, 7) is 3.62. The van der Waals surface area contributed by atoms with E-state index in [2.05, 4.69) is 10.6 Å². The first-order chi connectivity index (χ1) is 14.0. The molecule has 2 amide bonds. The minimum atomic E-state index is -0.697. The van der Waals surface area contributed by atoms with Gasteiger partial charge in [-0.15, -0.1) is 0 Å². The summed E-state index contributed by atoms with van der Waals surface area (Å²) in [4.78, 5) is 35.9. The summed E-state index contributed by atoms with van der Waals surface area (Å²) in [6, 6.07) is 11.0. The number of ether oxygens (including phenoxy) is 1. The number of esters is 1. The Bertz CT molecular complexity index is 1040. The van der Waals surface area contributed by atoms with Crippen molar-refractivity contribution in [2.45, 2.75) is 32.7 Å². The van der Waals surface area contributed by atoms with Crippen molar-refractivity contribution in [1.82, 2.24) is 10.6 Å². The van der Waals surface area contributed by atoms with Crippen LogP contribution in [-0.2, 0) is 25.5 Å². The van der Waals surface area contributed by atoms with E-state index in [0.29, 0.717) is 17.7 Å². The Kier molecular flexibility index (Phi) is 6.49. The van der Waals surface area contributed by atoms with Gasteiger partial charge >= 0.3 is 5.97 Å². The maximum atomic E-state index is 12.2. The Hall–Kier alpha value is -3.35. The van der Waals surface area contributed by atoms with Crippen molar-refractivity contribution in [3.05, 3.63) is 48.2 Å². The first kappa shape index (κ1) is 20.4. The van der Waals surface area contributed by atoms with E-state index in [1.54, 1.807) is 13.2 Å². The second kappa shape index (κ2) is 9.23. The standard InChI is InChI=1S/C22H24N2O5/c1-3-10-23-22(27)14(2)24-19(25)13-29-20(26)11-16-12-28-18-9-8-15-6-4-5-7-17(15)21(16)18/h4-9,12,14H,3,10-11,13H2,1-2H3,(H,23,27)(H,24,25)/t14-/m1/s1. The lowest BCUT2D eigenvalue weighted by Crippen LogP contribution is -2.46. The van der Waals surface area contributed by atoms with Gasteiger partial charge in [-0.1, -0.05) is 37.3 Å². The number of hydrogen-bond acceptors (Lipinski definition) is 5. The molecule has 3 rings (SSSR count). The number of carbonyl (C=O) groups excluding carboxylic acids is 3. The van der Waals surface area contributed by atoms with Crippen LogP contribution < -0.4 is 10.6 Å². The van der Waals surface area contributed by atoms with Crippen molar-refractivity contribution >= 4 is 39.5 Å². The largest absolute Gasteiger partial charge is 0.464 e. The van der Waals surface area contributed by atoms with Crippen molar-refractivity contribution in [1.29, 1.82) is 0 Å². The van der Waals surface area contributed by atoms with Crippen LogP contribution in [0.3, 0.4) is 0 Å². The van der Waals surface area contributed by atoms with Crippen molar-refractivity contribution in [2.75, 3.05) is 13.2 Å². The summed E-state index contributed by atoms with van der Waals surface area (Å²) in [7, 11) is 0. The third-order valence-corrected chi connectivity index (χ3v) is 4.56. The quantitative estimate of drug-likeness (QED) is 0.571. The normalized spacial score (nSPS) is 11.9. The number of furan rings is 1. The smallest absolute Gasteiger partial charge is 0.310 e. The van der Waals surface area contributed by atoms with Crippen molar-refractivity contribution in [3.63, 3.8) is 0 Å². The van der Waals surface area contributed by atoms with Gasteiger partial charge in [-0.3, -0.25) is 14.4 Å². The van der Waals surface area contributed by atoms with Crippen molar-refractivity contribution < 1.29 is 23.5 Å². The maximum absolute atomic E-state index is 12.2. The lowest BCUT2D eigenvalue weighted by Gasteiger charge is -2.13. The molecule has 0 fully saturated rings. The second-order valence-electron chi connectivity index (χ2n) is 6.84. The van der Waals surface area contributed by atoms with Crippen LogP contribution in [-0.4, -0.2) is 37.0 Å². The summed E-state index contributed by atoms with van der Waals surface area (Å²) in [5.41, 5.74) is 1.39. The van der Waals surface area contributed by atoms with E-state index in [4.69, 9.17) is 9.15 Å². The van der Waals surface area contributed by atoms with Crippen LogP contribution in [0.15, 0.2) is 47.1 Å². The summed E-state index contributed by atoms with van der Waals surface area (Å²) in [6.07, 6.45) is 2.33. The highest BCUT2D eigenvalue weighted by Crippen LogP contribution is 2.30. The number of rotatable bonds is 8. The first-order valence-corrected chi connectivity index (χ1v) is 9.60. The highest BCUT2D eigenvalue weighted by molar-refractivity contribution is 6.08. The molecule has 2 N–H and O–H groups in total. The van der Waals surface area contributed by atoms with E-state index < -0.39 is 24.5 Å². The van der Waals surface area contributed by atoms with Crippen LogP contribution in [0.25, 0.3) is 21.7 Å². The highest BCUT2D eigenvalue weighted by Gasteiger charge is 2.18. The fourth-order valence-corrected chi connectivity index (χ4v) is 3.11.